The minimum atomic E-state index is 0.387. The van der Waals surface area contributed by atoms with Crippen LogP contribution in [-0.4, -0.2) is 27.4 Å². The Labute approximate surface area is 257 Å². The third kappa shape index (κ3) is 6.98. The van der Waals surface area contributed by atoms with E-state index in [9.17, 15) is 0 Å². The second kappa shape index (κ2) is 13.7. The quantitative estimate of drug-likeness (QED) is 0.126. The molecule has 0 atom stereocenters. The van der Waals surface area contributed by atoms with Gasteiger partial charge in [-0.05, 0) is 82.2 Å². The molecule has 0 bridgehead atoms. The number of fused-ring (bicyclic) bond motifs is 2. The van der Waals surface area contributed by atoms with Crippen molar-refractivity contribution in [3.8, 4) is 34.5 Å². The largest absolute Gasteiger partial charge is 0.497 e. The third-order valence-electron chi connectivity index (χ3n) is 7.37. The van der Waals surface area contributed by atoms with E-state index >= 15 is 0 Å². The van der Waals surface area contributed by atoms with Crippen molar-refractivity contribution >= 4 is 21.5 Å². The van der Waals surface area contributed by atoms with Gasteiger partial charge in [-0.3, -0.25) is 0 Å². The predicted molar refractivity (Wildman–Crippen MR) is 174 cm³/mol. The van der Waals surface area contributed by atoms with Gasteiger partial charge in [0.15, 0.2) is 0 Å². The molecule has 6 heteroatoms. The Kier molecular flexibility index (Phi) is 8.98. The molecular formula is C38H34O6. The Bertz CT molecular complexity index is 1730. The molecule has 0 aliphatic rings. The molecule has 0 spiro atoms. The smallest absolute Gasteiger partial charge is 0.126 e. The first kappa shape index (κ1) is 28.7. The van der Waals surface area contributed by atoms with E-state index in [2.05, 4.69) is 0 Å². The van der Waals surface area contributed by atoms with Crippen LogP contribution in [0.1, 0.15) is 11.1 Å². The Morgan fingerprint density at radius 3 is 1.16 bits per heavy atom. The lowest BCUT2D eigenvalue weighted by molar-refractivity contribution is 0.207. The van der Waals surface area contributed by atoms with E-state index in [1.165, 1.54) is 0 Å². The number of hydrogen-bond acceptors (Lipinski definition) is 6. The Balaban J connectivity index is 1.02. The second-order valence-corrected chi connectivity index (χ2v) is 10.2. The fourth-order valence-corrected chi connectivity index (χ4v) is 4.99. The first-order chi connectivity index (χ1) is 21.7. The molecule has 0 N–H and O–H groups in total. The van der Waals surface area contributed by atoms with E-state index in [1.54, 1.807) is 14.2 Å². The standard InChI is InChI=1S/C38H34O6/c1-39-33-15-11-29-23-35(17-13-27(29)21-33)43-25-31-7-3-5-9-37(31)41-19-20-42-38-10-6-4-8-32(38)26-44-36-18-14-28-22-34(40-2)16-12-30(28)24-36/h3-18,21-24H,19-20,25-26H2,1-2H3. The molecule has 0 aliphatic heterocycles. The number of methoxy groups -OCH3 is 2. The zero-order valence-electron chi connectivity index (χ0n) is 24.8. The van der Waals surface area contributed by atoms with Gasteiger partial charge in [-0.25, -0.2) is 0 Å². The molecule has 44 heavy (non-hydrogen) atoms. The summed E-state index contributed by atoms with van der Waals surface area (Å²) >= 11 is 0. The lowest BCUT2D eigenvalue weighted by Crippen LogP contribution is -2.11. The maximum atomic E-state index is 6.12. The summed E-state index contributed by atoms with van der Waals surface area (Å²) in [5.41, 5.74) is 1.93. The molecule has 222 valence electrons. The molecule has 6 nitrogen and oxygen atoms in total. The van der Waals surface area contributed by atoms with Crippen LogP contribution < -0.4 is 28.4 Å². The number of para-hydroxylation sites is 2. The zero-order chi connectivity index (χ0) is 30.1. The van der Waals surface area contributed by atoms with Gasteiger partial charge in [0.05, 0.1) is 14.2 Å². The van der Waals surface area contributed by atoms with Gasteiger partial charge in [0.2, 0.25) is 0 Å². The molecular weight excluding hydrogens is 552 g/mol. The monoisotopic (exact) mass is 586 g/mol. The average molecular weight is 587 g/mol. The predicted octanol–water partition coefficient (Wildman–Crippen LogP) is 8.63. The molecule has 0 aliphatic carbocycles. The van der Waals surface area contributed by atoms with Crippen LogP contribution in [0.5, 0.6) is 34.5 Å². The fourth-order valence-electron chi connectivity index (χ4n) is 4.99. The summed E-state index contributed by atoms with van der Waals surface area (Å²) in [6, 6.07) is 39.9. The van der Waals surface area contributed by atoms with Crippen molar-refractivity contribution < 1.29 is 28.4 Å². The van der Waals surface area contributed by atoms with Gasteiger partial charge in [-0.1, -0.05) is 60.7 Å². The summed E-state index contributed by atoms with van der Waals surface area (Å²) < 4.78 is 35.1. The van der Waals surface area contributed by atoms with Crippen LogP contribution in [0, 0.1) is 0 Å². The van der Waals surface area contributed by atoms with Gasteiger partial charge >= 0.3 is 0 Å². The highest BCUT2D eigenvalue weighted by Crippen LogP contribution is 2.28. The second-order valence-electron chi connectivity index (χ2n) is 10.2. The molecule has 0 saturated carbocycles. The van der Waals surface area contributed by atoms with E-state index in [1.807, 2.05) is 121 Å². The Morgan fingerprint density at radius 2 is 0.750 bits per heavy atom. The van der Waals surface area contributed by atoms with Crippen LogP contribution in [0.4, 0.5) is 0 Å². The van der Waals surface area contributed by atoms with Gasteiger partial charge in [-0.15, -0.1) is 0 Å². The van der Waals surface area contributed by atoms with Crippen molar-refractivity contribution in [2.24, 2.45) is 0 Å². The number of hydrogen-bond donors (Lipinski definition) is 0. The molecule has 0 saturated heterocycles. The molecule has 0 amide bonds. The Morgan fingerprint density at radius 1 is 0.386 bits per heavy atom. The van der Waals surface area contributed by atoms with Gasteiger partial charge in [0.25, 0.3) is 0 Å². The number of rotatable bonds is 13. The van der Waals surface area contributed by atoms with Crippen molar-refractivity contribution in [3.05, 3.63) is 132 Å². The third-order valence-corrected chi connectivity index (χ3v) is 7.37. The summed E-state index contributed by atoms with van der Waals surface area (Å²) in [4.78, 5) is 0. The van der Waals surface area contributed by atoms with Crippen LogP contribution in [0.3, 0.4) is 0 Å². The van der Waals surface area contributed by atoms with E-state index in [0.29, 0.717) is 26.4 Å². The highest BCUT2D eigenvalue weighted by atomic mass is 16.5. The van der Waals surface area contributed by atoms with E-state index in [4.69, 9.17) is 28.4 Å². The summed E-state index contributed by atoms with van der Waals surface area (Å²) in [5, 5.41) is 4.38. The van der Waals surface area contributed by atoms with Gasteiger partial charge in [-0.2, -0.15) is 0 Å². The van der Waals surface area contributed by atoms with Gasteiger partial charge < -0.3 is 28.4 Å². The molecule has 0 heterocycles. The van der Waals surface area contributed by atoms with Crippen molar-refractivity contribution in [2.45, 2.75) is 13.2 Å². The SMILES string of the molecule is COc1ccc2cc(OCc3ccccc3OCCOc3ccccc3COc3ccc4cc(OC)ccc4c3)ccc2c1. The van der Waals surface area contributed by atoms with Crippen LogP contribution in [0.2, 0.25) is 0 Å². The summed E-state index contributed by atoms with van der Waals surface area (Å²) in [7, 11) is 3.34. The average Bonchev–Trinajstić information content (AvgIpc) is 3.08. The molecule has 6 aromatic rings. The normalized spacial score (nSPS) is 10.9. The van der Waals surface area contributed by atoms with Crippen LogP contribution >= 0.6 is 0 Å². The lowest BCUT2D eigenvalue weighted by atomic mass is 10.1. The summed E-state index contributed by atoms with van der Waals surface area (Å²) in [6.07, 6.45) is 0. The maximum absolute atomic E-state index is 6.12. The van der Waals surface area contributed by atoms with Crippen LogP contribution in [0.25, 0.3) is 21.5 Å². The van der Waals surface area contributed by atoms with E-state index in [-0.39, 0.29) is 0 Å². The highest BCUT2D eigenvalue weighted by Gasteiger charge is 2.08. The maximum Gasteiger partial charge on any atom is 0.126 e. The molecule has 0 unspecified atom stereocenters. The zero-order valence-corrected chi connectivity index (χ0v) is 24.8. The fraction of sp³-hybridized carbons (Fsp3) is 0.158. The molecule has 0 fully saturated rings. The van der Waals surface area contributed by atoms with Gasteiger partial charge in [0.1, 0.15) is 60.9 Å². The highest BCUT2D eigenvalue weighted by molar-refractivity contribution is 5.86. The lowest BCUT2D eigenvalue weighted by Gasteiger charge is -2.15. The van der Waals surface area contributed by atoms with Crippen molar-refractivity contribution in [1.82, 2.24) is 0 Å². The first-order valence-corrected chi connectivity index (χ1v) is 14.5. The van der Waals surface area contributed by atoms with E-state index in [0.717, 1.165) is 67.2 Å². The minimum Gasteiger partial charge on any atom is -0.497 e. The number of benzene rings is 6. The topological polar surface area (TPSA) is 55.4 Å². The van der Waals surface area contributed by atoms with Crippen LogP contribution in [-0.2, 0) is 13.2 Å². The van der Waals surface area contributed by atoms with Crippen LogP contribution in [0.15, 0.2) is 121 Å². The molecule has 6 rings (SSSR count). The van der Waals surface area contributed by atoms with Gasteiger partial charge in [0, 0.05) is 11.1 Å². The summed E-state index contributed by atoms with van der Waals surface area (Å²) in [5.74, 6) is 4.80. The number of ether oxygens (including phenoxy) is 6. The van der Waals surface area contributed by atoms with Crippen molar-refractivity contribution in [2.75, 3.05) is 27.4 Å². The molecule has 0 aromatic heterocycles. The Hall–Kier alpha value is -5.36. The molecule has 0 radical (unpaired) electrons. The molecule has 6 aromatic carbocycles. The first-order valence-electron chi connectivity index (χ1n) is 14.5. The summed E-state index contributed by atoms with van der Waals surface area (Å²) in [6.45, 7) is 1.55. The minimum absolute atomic E-state index is 0.387. The van der Waals surface area contributed by atoms with E-state index < -0.39 is 0 Å². The van der Waals surface area contributed by atoms with Crippen molar-refractivity contribution in [3.63, 3.8) is 0 Å². The van der Waals surface area contributed by atoms with Crippen molar-refractivity contribution in [1.29, 1.82) is 0 Å².